The van der Waals surface area contributed by atoms with E-state index in [1.807, 2.05) is 6.92 Å². The van der Waals surface area contributed by atoms with E-state index < -0.39 is 10.0 Å². The Morgan fingerprint density at radius 2 is 1.96 bits per heavy atom. The number of nitrogens with one attached hydrogen (secondary N) is 1. The van der Waals surface area contributed by atoms with Gasteiger partial charge in [0.1, 0.15) is 5.75 Å². The lowest BCUT2D eigenvalue weighted by Gasteiger charge is -2.33. The third-order valence-electron chi connectivity index (χ3n) is 4.89. The van der Waals surface area contributed by atoms with E-state index in [0.29, 0.717) is 17.6 Å². The Labute approximate surface area is 173 Å². The fraction of sp³-hybridized carbons (Fsp3) is 0.350. The monoisotopic (exact) mass is 466 g/mol. The summed E-state index contributed by atoms with van der Waals surface area (Å²) in [5.74, 6) is -0.284. The second-order valence-corrected chi connectivity index (χ2v) is 9.77. The average molecular weight is 467 g/mol. The van der Waals surface area contributed by atoms with E-state index >= 15 is 0 Å². The molecular weight excluding hydrogens is 444 g/mol. The van der Waals surface area contributed by atoms with Crippen LogP contribution in [0.1, 0.15) is 28.8 Å². The molecule has 0 unspecified atom stereocenters. The summed E-state index contributed by atoms with van der Waals surface area (Å²) >= 11 is 3.26. The third kappa shape index (κ3) is 4.92. The van der Waals surface area contributed by atoms with E-state index in [0.717, 1.165) is 18.4 Å². The molecule has 1 atom stereocenters. The lowest BCUT2D eigenvalue weighted by Crippen LogP contribution is -2.43. The highest BCUT2D eigenvalue weighted by Gasteiger charge is 2.27. The van der Waals surface area contributed by atoms with Gasteiger partial charge in [-0.2, -0.15) is 0 Å². The molecular formula is C20H23BrN2O4S. The number of carbonyl (C=O) groups is 1. The van der Waals surface area contributed by atoms with Crippen molar-refractivity contribution in [2.45, 2.75) is 24.7 Å². The molecule has 0 radical (unpaired) electrons. The molecule has 6 nitrogen and oxygen atoms in total. The molecule has 1 saturated heterocycles. The van der Waals surface area contributed by atoms with E-state index in [9.17, 15) is 18.3 Å². The smallest absolute Gasteiger partial charge is 0.257 e. The molecule has 1 fully saturated rings. The van der Waals surface area contributed by atoms with Crippen molar-refractivity contribution < 1.29 is 18.3 Å². The summed E-state index contributed by atoms with van der Waals surface area (Å²) in [6.45, 7) is 3.22. The van der Waals surface area contributed by atoms with Crippen LogP contribution in [0.25, 0.3) is 0 Å². The zero-order valence-corrected chi connectivity index (χ0v) is 18.0. The fourth-order valence-corrected chi connectivity index (χ4v) is 4.77. The Hall–Kier alpha value is -1.90. The minimum atomic E-state index is -3.58. The van der Waals surface area contributed by atoms with Crippen molar-refractivity contribution in [3.63, 3.8) is 0 Å². The zero-order chi connectivity index (χ0) is 20.3. The summed E-state index contributed by atoms with van der Waals surface area (Å²) in [6, 6.07) is 11.5. The van der Waals surface area contributed by atoms with Crippen molar-refractivity contribution in [3.05, 3.63) is 58.1 Å². The highest BCUT2D eigenvalue weighted by atomic mass is 79.9. The largest absolute Gasteiger partial charge is 0.507 e. The number of phenolic OH excluding ortho intramolecular Hbond substituents is 1. The molecule has 0 aromatic heterocycles. The van der Waals surface area contributed by atoms with Gasteiger partial charge in [-0.15, -0.1) is 0 Å². The SMILES string of the molecule is Cc1ccc(S(=O)(=O)NC[C@@H]2CCCN(C(=O)c3ccc(Br)cc3O)C2)cc1. The molecule has 0 aliphatic carbocycles. The second kappa shape index (κ2) is 8.63. The van der Waals surface area contributed by atoms with E-state index in [4.69, 9.17) is 0 Å². The number of carbonyl (C=O) groups excluding carboxylic acids is 1. The van der Waals surface area contributed by atoms with Crippen molar-refractivity contribution in [3.8, 4) is 5.75 Å². The number of likely N-dealkylation sites (tertiary alicyclic amines) is 1. The Morgan fingerprint density at radius 3 is 2.64 bits per heavy atom. The maximum absolute atomic E-state index is 12.7. The predicted octanol–water partition coefficient (Wildman–Crippen LogP) is 3.29. The molecule has 8 heteroatoms. The van der Waals surface area contributed by atoms with Gasteiger partial charge < -0.3 is 10.0 Å². The lowest BCUT2D eigenvalue weighted by molar-refractivity contribution is 0.0673. The first-order valence-corrected chi connectivity index (χ1v) is 11.4. The Bertz CT molecular complexity index is 961. The van der Waals surface area contributed by atoms with Gasteiger partial charge in [0, 0.05) is 24.1 Å². The van der Waals surface area contributed by atoms with Crippen molar-refractivity contribution >= 4 is 31.9 Å². The van der Waals surface area contributed by atoms with Crippen molar-refractivity contribution in [1.29, 1.82) is 0 Å². The highest BCUT2D eigenvalue weighted by molar-refractivity contribution is 9.10. The molecule has 0 bridgehead atoms. The van der Waals surface area contributed by atoms with Crippen LogP contribution in [0.4, 0.5) is 0 Å². The molecule has 1 aliphatic rings. The standard InChI is InChI=1S/C20H23BrN2O4S/c1-14-4-7-17(8-5-14)28(26,27)22-12-15-3-2-10-23(13-15)20(25)18-9-6-16(21)11-19(18)24/h4-9,11,15,22,24H,2-3,10,12-13H2,1H3/t15-/m0/s1. The van der Waals surface area contributed by atoms with Crippen LogP contribution >= 0.6 is 15.9 Å². The number of rotatable bonds is 5. The molecule has 2 aromatic rings. The summed E-state index contributed by atoms with van der Waals surface area (Å²) < 4.78 is 28.3. The summed E-state index contributed by atoms with van der Waals surface area (Å²) in [5.41, 5.74) is 1.25. The molecule has 28 heavy (non-hydrogen) atoms. The molecule has 150 valence electrons. The van der Waals surface area contributed by atoms with Crippen molar-refractivity contribution in [1.82, 2.24) is 9.62 Å². The number of nitrogens with zero attached hydrogens (tertiary/aromatic N) is 1. The predicted molar refractivity (Wildman–Crippen MR) is 111 cm³/mol. The van der Waals surface area contributed by atoms with E-state index in [2.05, 4.69) is 20.7 Å². The van der Waals surface area contributed by atoms with Gasteiger partial charge in [0.15, 0.2) is 0 Å². The summed E-state index contributed by atoms with van der Waals surface area (Å²) in [7, 11) is -3.58. The molecule has 1 aliphatic heterocycles. The number of benzene rings is 2. The Morgan fingerprint density at radius 1 is 1.25 bits per heavy atom. The number of hydrogen-bond acceptors (Lipinski definition) is 4. The molecule has 1 heterocycles. The van der Waals surface area contributed by atoms with Gasteiger partial charge in [-0.3, -0.25) is 4.79 Å². The van der Waals surface area contributed by atoms with Crippen molar-refractivity contribution in [2.24, 2.45) is 5.92 Å². The van der Waals surface area contributed by atoms with Gasteiger partial charge in [-0.1, -0.05) is 33.6 Å². The van der Waals surface area contributed by atoms with Crippen LogP contribution in [0.15, 0.2) is 51.8 Å². The summed E-state index contributed by atoms with van der Waals surface area (Å²) in [6.07, 6.45) is 1.63. The lowest BCUT2D eigenvalue weighted by atomic mass is 9.97. The van der Waals surface area contributed by atoms with Gasteiger partial charge >= 0.3 is 0 Å². The minimum Gasteiger partial charge on any atom is -0.507 e. The summed E-state index contributed by atoms with van der Waals surface area (Å²) in [4.78, 5) is 14.7. The number of phenols is 1. The number of piperidine rings is 1. The van der Waals surface area contributed by atoms with E-state index in [1.165, 1.54) is 6.07 Å². The molecule has 1 amide bonds. The van der Waals surface area contributed by atoms with E-state index in [-0.39, 0.29) is 34.6 Å². The molecule has 0 saturated carbocycles. The first-order chi connectivity index (χ1) is 13.3. The molecule has 2 aromatic carbocycles. The normalized spacial score (nSPS) is 17.5. The van der Waals surface area contributed by atoms with Crippen LogP contribution in [-0.4, -0.2) is 44.0 Å². The molecule has 0 spiro atoms. The number of amides is 1. The van der Waals surface area contributed by atoms with Crippen LogP contribution < -0.4 is 4.72 Å². The quantitative estimate of drug-likeness (QED) is 0.707. The van der Waals surface area contributed by atoms with Gasteiger partial charge in [0.25, 0.3) is 5.91 Å². The maximum Gasteiger partial charge on any atom is 0.257 e. The topological polar surface area (TPSA) is 86.7 Å². The first-order valence-electron chi connectivity index (χ1n) is 9.10. The van der Waals surface area contributed by atoms with E-state index in [1.54, 1.807) is 41.3 Å². The van der Waals surface area contributed by atoms with Crippen molar-refractivity contribution in [2.75, 3.05) is 19.6 Å². The highest BCUT2D eigenvalue weighted by Crippen LogP contribution is 2.26. The summed E-state index contributed by atoms with van der Waals surface area (Å²) in [5, 5.41) is 10.0. The first kappa shape index (κ1) is 20.8. The third-order valence-corrected chi connectivity index (χ3v) is 6.82. The minimum absolute atomic E-state index is 0.0236. The number of hydrogen-bond donors (Lipinski definition) is 2. The second-order valence-electron chi connectivity index (χ2n) is 7.09. The number of aryl methyl sites for hydroxylation is 1. The van der Waals surface area contributed by atoms with Gasteiger partial charge in [-0.05, 0) is 56.0 Å². The van der Waals surface area contributed by atoms with Gasteiger partial charge in [-0.25, -0.2) is 13.1 Å². The maximum atomic E-state index is 12.7. The zero-order valence-electron chi connectivity index (χ0n) is 15.6. The van der Waals surface area contributed by atoms with Crippen LogP contribution in [0.3, 0.4) is 0 Å². The van der Waals surface area contributed by atoms with Crippen LogP contribution in [-0.2, 0) is 10.0 Å². The number of aromatic hydroxyl groups is 1. The number of halogens is 1. The average Bonchev–Trinajstić information content (AvgIpc) is 2.67. The Kier molecular flexibility index (Phi) is 6.42. The van der Waals surface area contributed by atoms with Crippen LogP contribution in [0.2, 0.25) is 0 Å². The van der Waals surface area contributed by atoms with Gasteiger partial charge in [0.2, 0.25) is 10.0 Å². The fourth-order valence-electron chi connectivity index (χ4n) is 3.30. The van der Waals surface area contributed by atoms with Crippen LogP contribution in [0, 0.1) is 12.8 Å². The molecule has 3 rings (SSSR count). The van der Waals surface area contributed by atoms with Crippen LogP contribution in [0.5, 0.6) is 5.75 Å². The Balaban J connectivity index is 1.63. The molecule has 2 N–H and O–H groups in total. The number of sulfonamides is 1. The van der Waals surface area contributed by atoms with Gasteiger partial charge in [0.05, 0.1) is 10.5 Å².